The Morgan fingerprint density at radius 3 is 1.62 bits per heavy atom. The van der Waals surface area contributed by atoms with Gasteiger partial charge in [-0.15, -0.1) is 0 Å². The van der Waals surface area contributed by atoms with E-state index in [1.165, 1.54) is 85.7 Å². The van der Waals surface area contributed by atoms with Crippen LogP contribution in [0.4, 0.5) is 0 Å². The smallest absolute Gasteiger partial charge is 0.00923 e. The molecule has 236 valence electrons. The van der Waals surface area contributed by atoms with Gasteiger partial charge in [0.2, 0.25) is 0 Å². The Hall–Kier alpha value is -2.00. The number of hydrogen-bond acceptors (Lipinski definition) is 0. The molecule has 1 unspecified atom stereocenters. The van der Waals surface area contributed by atoms with E-state index in [4.69, 9.17) is 0 Å². The zero-order valence-electron chi connectivity index (χ0n) is 27.0. The van der Waals surface area contributed by atoms with Gasteiger partial charge in [0, 0.05) is 23.0 Å². The number of rotatable bonds is 8. The molecule has 0 amide bonds. The van der Waals surface area contributed by atoms with Gasteiger partial charge in [-0.3, -0.25) is 0 Å². The van der Waals surface area contributed by atoms with Crippen molar-refractivity contribution in [2.75, 3.05) is 0 Å². The molecule has 0 aromatic heterocycles. The van der Waals surface area contributed by atoms with Gasteiger partial charge < -0.3 is 0 Å². The Kier molecular flexibility index (Phi) is 13.6. The van der Waals surface area contributed by atoms with Crippen LogP contribution in [-0.2, 0) is 17.1 Å². The second-order valence-electron chi connectivity index (χ2n) is 12.9. The van der Waals surface area contributed by atoms with Crippen LogP contribution >= 0.6 is 15.8 Å². The van der Waals surface area contributed by atoms with Gasteiger partial charge >= 0.3 is 0 Å². The molecule has 0 spiro atoms. The van der Waals surface area contributed by atoms with Crippen LogP contribution in [0.1, 0.15) is 83.1 Å². The second-order valence-corrected chi connectivity index (χ2v) is 18.3. The summed E-state index contributed by atoms with van der Waals surface area (Å²) in [5.74, 6) is 0.546. The molecular weight excluding hydrogens is 622 g/mol. The van der Waals surface area contributed by atoms with Crippen molar-refractivity contribution in [2.24, 2.45) is 5.92 Å². The van der Waals surface area contributed by atoms with Gasteiger partial charge in [-0.1, -0.05) is 181 Å². The van der Waals surface area contributed by atoms with Gasteiger partial charge in [-0.2, -0.15) is 0 Å². The van der Waals surface area contributed by atoms with Crippen LogP contribution in [0, 0.1) is 5.92 Å². The van der Waals surface area contributed by atoms with Crippen molar-refractivity contribution < 1.29 is 17.1 Å². The minimum Gasteiger partial charge on any atom is -0.0965 e. The molecule has 4 aliphatic carbocycles. The van der Waals surface area contributed by atoms with Crippen LogP contribution in [0.3, 0.4) is 0 Å². The quantitative estimate of drug-likeness (QED) is 0.165. The summed E-state index contributed by atoms with van der Waals surface area (Å²) in [5.41, 5.74) is 5.80. The maximum Gasteiger partial charge on any atom is 0.00923 e. The van der Waals surface area contributed by atoms with Crippen molar-refractivity contribution in [3.8, 4) is 0 Å². The molecule has 3 heteroatoms. The molecule has 3 aromatic carbocycles. The maximum atomic E-state index is 2.66. The van der Waals surface area contributed by atoms with Crippen molar-refractivity contribution in [3.05, 3.63) is 133 Å². The fourth-order valence-electron chi connectivity index (χ4n) is 7.98. The molecule has 0 aliphatic heterocycles. The average molecular weight is 673 g/mol. The van der Waals surface area contributed by atoms with Gasteiger partial charge in [0.1, 0.15) is 0 Å². The number of hydrogen-bond donors (Lipinski definition) is 0. The summed E-state index contributed by atoms with van der Waals surface area (Å²) in [5, 5.41) is 4.39. The fourth-order valence-corrected chi connectivity index (χ4v) is 14.9. The van der Waals surface area contributed by atoms with Crippen LogP contribution < -0.4 is 15.9 Å². The molecule has 2 saturated carbocycles. The molecule has 4 aliphatic rings. The Balaban J connectivity index is 0.000000609. The molecule has 3 aromatic rings. The molecule has 45 heavy (non-hydrogen) atoms. The van der Waals surface area contributed by atoms with Gasteiger partial charge in [0.15, 0.2) is 0 Å². The van der Waals surface area contributed by atoms with E-state index in [1.807, 2.05) is 0 Å². The van der Waals surface area contributed by atoms with Crippen molar-refractivity contribution in [1.29, 1.82) is 0 Å². The second kappa shape index (κ2) is 17.8. The molecule has 0 nitrogen and oxygen atoms in total. The Labute approximate surface area is 286 Å². The van der Waals surface area contributed by atoms with E-state index < -0.39 is 7.92 Å². The third-order valence-corrected chi connectivity index (χ3v) is 16.6. The summed E-state index contributed by atoms with van der Waals surface area (Å²) in [6, 6.07) is 31.9. The summed E-state index contributed by atoms with van der Waals surface area (Å²) in [7, 11) is -0.610. The molecule has 2 fully saturated rings. The van der Waals surface area contributed by atoms with Crippen molar-refractivity contribution in [3.63, 3.8) is 0 Å². The molecule has 0 N–H and O–H groups in total. The summed E-state index contributed by atoms with van der Waals surface area (Å²) >= 11 is 0. The summed E-state index contributed by atoms with van der Waals surface area (Å²) in [6.45, 7) is 2.66. The minimum absolute atomic E-state index is 0. The van der Waals surface area contributed by atoms with E-state index in [1.54, 1.807) is 5.57 Å². The molecule has 7 rings (SSSR count). The molecule has 0 saturated heterocycles. The Morgan fingerprint density at radius 2 is 1.11 bits per heavy atom. The van der Waals surface area contributed by atoms with Crippen LogP contribution in [0.15, 0.2) is 127 Å². The van der Waals surface area contributed by atoms with Crippen LogP contribution in [0.5, 0.6) is 0 Å². The topological polar surface area (TPSA) is 0 Å². The van der Waals surface area contributed by atoms with E-state index in [-0.39, 0.29) is 25.0 Å². The van der Waals surface area contributed by atoms with E-state index >= 15 is 0 Å². The number of allylic oxidation sites excluding steroid dienone is 8. The standard InChI is InChI=1S/C37H44P2.C5H6.Fe/c1-29(38(30-17-6-2-7-18-30)31-19-8-3-9-20-31)34-26-16-27-35(34)36-25-14-15-28-37(36)39(32-21-10-4-11-22-32)33-23-12-5-13-24-33;1-2-4-5-3-1;/h4-5,10-16,21-31,34H,2-3,6-9,17-20H2,1H3;1-4H,5H2;/t29-,34?;;/m1../s1. The van der Waals surface area contributed by atoms with E-state index in [2.05, 4.69) is 134 Å². The van der Waals surface area contributed by atoms with E-state index in [0.717, 1.165) is 23.4 Å². The van der Waals surface area contributed by atoms with Crippen LogP contribution in [0.2, 0.25) is 0 Å². The monoisotopic (exact) mass is 672 g/mol. The van der Waals surface area contributed by atoms with E-state index in [9.17, 15) is 0 Å². The third-order valence-electron chi connectivity index (χ3n) is 10.1. The van der Waals surface area contributed by atoms with E-state index in [0.29, 0.717) is 5.92 Å². The normalized spacial score (nSPS) is 20.5. The Morgan fingerprint density at radius 1 is 0.600 bits per heavy atom. The van der Waals surface area contributed by atoms with Crippen molar-refractivity contribution in [2.45, 2.75) is 94.5 Å². The Bertz CT molecular complexity index is 1360. The molecule has 0 heterocycles. The predicted molar refractivity (Wildman–Crippen MR) is 199 cm³/mol. The van der Waals surface area contributed by atoms with Gasteiger partial charge in [-0.05, 0) is 84.1 Å². The average Bonchev–Trinajstić information content (AvgIpc) is 3.84. The maximum absolute atomic E-state index is 2.66. The summed E-state index contributed by atoms with van der Waals surface area (Å²) < 4.78 is 0. The van der Waals surface area contributed by atoms with Crippen LogP contribution in [0.25, 0.3) is 5.57 Å². The van der Waals surface area contributed by atoms with Gasteiger partial charge in [0.05, 0.1) is 0 Å². The minimum atomic E-state index is -0.624. The third kappa shape index (κ3) is 8.68. The molecule has 0 bridgehead atoms. The van der Waals surface area contributed by atoms with Crippen molar-refractivity contribution in [1.82, 2.24) is 0 Å². The summed E-state index contributed by atoms with van der Waals surface area (Å²) in [4.78, 5) is 0. The predicted octanol–water partition coefficient (Wildman–Crippen LogP) is 11.0. The van der Waals surface area contributed by atoms with Crippen LogP contribution in [-0.4, -0.2) is 17.0 Å². The fraction of sp³-hybridized carbons (Fsp3) is 0.381. The summed E-state index contributed by atoms with van der Waals surface area (Å²) in [6.07, 6.45) is 31.7. The van der Waals surface area contributed by atoms with Gasteiger partial charge in [-0.25, -0.2) is 0 Å². The first kappa shape index (κ1) is 34.3. The number of benzene rings is 3. The molecule has 2 atom stereocenters. The first-order chi connectivity index (χ1) is 21.8. The zero-order valence-corrected chi connectivity index (χ0v) is 29.9. The van der Waals surface area contributed by atoms with Gasteiger partial charge in [0.25, 0.3) is 0 Å². The van der Waals surface area contributed by atoms with Crippen molar-refractivity contribution >= 4 is 37.3 Å². The SMILES string of the molecule is C1=CCC=C1.C[C@H](C1C=CC=C1c1ccccc1P(c1ccccc1)c1ccccc1)P(C1CCCCC1)C1CCCCC1.[Fe]. The first-order valence-electron chi connectivity index (χ1n) is 17.3. The molecule has 0 radical (unpaired) electrons. The molecular formula is C42H50FeP2. The first-order valence-corrected chi connectivity index (χ1v) is 20.2. The zero-order chi connectivity index (χ0) is 30.0. The largest absolute Gasteiger partial charge is 0.0965 e.